The first-order valence-corrected chi connectivity index (χ1v) is 12.7. The summed E-state index contributed by atoms with van der Waals surface area (Å²) in [7, 11) is 1.62. The average Bonchev–Trinajstić information content (AvgIpc) is 3.09. The minimum Gasteiger partial charge on any atom is -0.497 e. The number of carbonyl (C=O) groups excluding carboxylic acids is 3. The molecule has 1 saturated heterocycles. The van der Waals surface area contributed by atoms with Crippen LogP contribution in [0.3, 0.4) is 0 Å². The van der Waals surface area contributed by atoms with Crippen molar-refractivity contribution in [1.29, 1.82) is 0 Å². The Balaban J connectivity index is 1.41. The van der Waals surface area contributed by atoms with Crippen LogP contribution in [0.25, 0.3) is 0 Å². The Morgan fingerprint density at radius 2 is 1.84 bits per heavy atom. The van der Waals surface area contributed by atoms with E-state index in [1.165, 1.54) is 0 Å². The lowest BCUT2D eigenvalue weighted by Gasteiger charge is -2.25. The van der Waals surface area contributed by atoms with E-state index in [-0.39, 0.29) is 36.8 Å². The maximum atomic E-state index is 13.2. The Labute approximate surface area is 217 Å². The molecule has 0 aromatic heterocycles. The van der Waals surface area contributed by atoms with Crippen molar-refractivity contribution in [2.75, 3.05) is 33.3 Å². The van der Waals surface area contributed by atoms with Gasteiger partial charge >= 0.3 is 0 Å². The monoisotopic (exact) mass is 506 g/mol. The summed E-state index contributed by atoms with van der Waals surface area (Å²) in [5, 5.41) is 4.05. The van der Waals surface area contributed by atoms with Gasteiger partial charge in [-0.2, -0.15) is 5.10 Å². The fraction of sp³-hybridized carbons (Fsp3) is 0.429. The number of nitrogens with one attached hydrogen (secondary N) is 1. The van der Waals surface area contributed by atoms with Crippen molar-refractivity contribution >= 4 is 23.4 Å². The van der Waals surface area contributed by atoms with Gasteiger partial charge in [0.05, 0.1) is 26.4 Å². The molecule has 196 valence electrons. The molecule has 2 aliphatic rings. The first-order chi connectivity index (χ1) is 18.0. The molecule has 2 aromatic carbocycles. The molecule has 1 N–H and O–H groups in total. The van der Waals surface area contributed by atoms with Gasteiger partial charge < -0.3 is 19.3 Å². The predicted octanol–water partition coefficient (Wildman–Crippen LogP) is 2.54. The van der Waals surface area contributed by atoms with E-state index in [0.29, 0.717) is 45.5 Å². The fourth-order valence-corrected chi connectivity index (χ4v) is 4.48. The minimum atomic E-state index is -0.330. The molecule has 2 aliphatic heterocycles. The highest BCUT2D eigenvalue weighted by Gasteiger charge is 2.31. The van der Waals surface area contributed by atoms with Gasteiger partial charge in [0, 0.05) is 38.2 Å². The second-order valence-corrected chi connectivity index (χ2v) is 9.35. The molecular formula is C28H34N4O5. The van der Waals surface area contributed by atoms with Crippen LogP contribution in [0.15, 0.2) is 59.7 Å². The highest BCUT2D eigenvalue weighted by Crippen LogP contribution is 2.17. The largest absolute Gasteiger partial charge is 0.497 e. The van der Waals surface area contributed by atoms with E-state index < -0.39 is 0 Å². The second-order valence-electron chi connectivity index (χ2n) is 9.35. The lowest BCUT2D eigenvalue weighted by atomic mass is 10.1. The minimum absolute atomic E-state index is 0.0237. The Morgan fingerprint density at radius 1 is 1.03 bits per heavy atom. The van der Waals surface area contributed by atoms with Gasteiger partial charge in [0.25, 0.3) is 0 Å². The second kappa shape index (κ2) is 13.0. The average molecular weight is 507 g/mol. The van der Waals surface area contributed by atoms with Gasteiger partial charge in [0.2, 0.25) is 17.7 Å². The number of hydrogen-bond donors (Lipinski definition) is 1. The topological polar surface area (TPSA) is 101 Å². The lowest BCUT2D eigenvalue weighted by Crippen LogP contribution is -2.40. The van der Waals surface area contributed by atoms with E-state index in [9.17, 15) is 14.4 Å². The van der Waals surface area contributed by atoms with Gasteiger partial charge in [0.15, 0.2) is 0 Å². The molecule has 37 heavy (non-hydrogen) atoms. The number of hydrazone groups is 1. The molecule has 3 amide bonds. The first kappa shape index (κ1) is 26.3. The van der Waals surface area contributed by atoms with Gasteiger partial charge in [-0.3, -0.25) is 14.4 Å². The van der Waals surface area contributed by atoms with E-state index in [1.807, 2.05) is 54.6 Å². The normalized spacial score (nSPS) is 18.2. The van der Waals surface area contributed by atoms with Crippen LogP contribution in [0.5, 0.6) is 5.75 Å². The highest BCUT2D eigenvalue weighted by molar-refractivity contribution is 5.94. The van der Waals surface area contributed by atoms with Crippen LogP contribution in [-0.2, 0) is 32.1 Å². The zero-order chi connectivity index (χ0) is 26.0. The maximum absolute atomic E-state index is 13.2. The van der Waals surface area contributed by atoms with E-state index in [0.717, 1.165) is 29.0 Å². The van der Waals surface area contributed by atoms with Gasteiger partial charge in [0.1, 0.15) is 5.75 Å². The molecule has 0 saturated carbocycles. The zero-order valence-electron chi connectivity index (χ0n) is 21.2. The van der Waals surface area contributed by atoms with Gasteiger partial charge in [-0.05, 0) is 42.5 Å². The van der Waals surface area contributed by atoms with Crippen LogP contribution in [0.2, 0.25) is 0 Å². The highest BCUT2D eigenvalue weighted by atomic mass is 16.5. The third kappa shape index (κ3) is 7.88. The van der Waals surface area contributed by atoms with Crippen LogP contribution in [0.1, 0.15) is 36.8 Å². The SMILES string of the molecule is COc1cccc(CO[C@@H]2CN(CCc3ccccc3)C(=O)CN(C(=O)CCC3=NNC(=O)CC3)C2)c1. The number of amides is 3. The van der Waals surface area contributed by atoms with Crippen LogP contribution in [0, 0.1) is 0 Å². The van der Waals surface area contributed by atoms with E-state index >= 15 is 0 Å². The molecular weight excluding hydrogens is 472 g/mol. The predicted molar refractivity (Wildman–Crippen MR) is 139 cm³/mol. The summed E-state index contributed by atoms with van der Waals surface area (Å²) < 4.78 is 11.6. The van der Waals surface area contributed by atoms with Crippen molar-refractivity contribution < 1.29 is 23.9 Å². The van der Waals surface area contributed by atoms with Gasteiger partial charge in [-0.25, -0.2) is 5.43 Å². The Kier molecular flexibility index (Phi) is 9.26. The third-order valence-electron chi connectivity index (χ3n) is 6.62. The van der Waals surface area contributed by atoms with Crippen molar-refractivity contribution in [3.05, 3.63) is 65.7 Å². The number of carbonyl (C=O) groups is 3. The fourth-order valence-electron chi connectivity index (χ4n) is 4.48. The molecule has 1 atom stereocenters. The summed E-state index contributed by atoms with van der Waals surface area (Å²) in [5.74, 6) is 0.437. The molecule has 0 aliphatic carbocycles. The van der Waals surface area contributed by atoms with E-state index in [4.69, 9.17) is 9.47 Å². The van der Waals surface area contributed by atoms with E-state index in [1.54, 1.807) is 16.9 Å². The van der Waals surface area contributed by atoms with Crippen molar-refractivity contribution in [3.8, 4) is 5.75 Å². The van der Waals surface area contributed by atoms with Crippen LogP contribution in [-0.4, -0.2) is 72.6 Å². The molecule has 9 heteroatoms. The molecule has 2 aromatic rings. The number of methoxy groups -OCH3 is 1. The third-order valence-corrected chi connectivity index (χ3v) is 6.62. The van der Waals surface area contributed by atoms with Crippen molar-refractivity contribution in [3.63, 3.8) is 0 Å². The first-order valence-electron chi connectivity index (χ1n) is 12.7. The summed E-state index contributed by atoms with van der Waals surface area (Å²) >= 11 is 0. The molecule has 4 rings (SSSR count). The molecule has 2 heterocycles. The quantitative estimate of drug-likeness (QED) is 0.534. The maximum Gasteiger partial charge on any atom is 0.242 e. The Hall–Kier alpha value is -3.72. The van der Waals surface area contributed by atoms with Crippen molar-refractivity contribution in [2.24, 2.45) is 5.10 Å². The Morgan fingerprint density at radius 3 is 2.59 bits per heavy atom. The molecule has 0 spiro atoms. The van der Waals surface area contributed by atoms with Gasteiger partial charge in [-0.15, -0.1) is 0 Å². The molecule has 0 radical (unpaired) electrons. The zero-order valence-corrected chi connectivity index (χ0v) is 21.2. The van der Waals surface area contributed by atoms with Crippen molar-refractivity contribution in [1.82, 2.24) is 15.2 Å². The number of rotatable bonds is 10. The summed E-state index contributed by atoms with van der Waals surface area (Å²) in [4.78, 5) is 41.0. The Bertz CT molecular complexity index is 1120. The number of hydrogen-bond acceptors (Lipinski definition) is 6. The smallest absolute Gasteiger partial charge is 0.242 e. The van der Waals surface area contributed by atoms with E-state index in [2.05, 4.69) is 10.5 Å². The number of benzene rings is 2. The van der Waals surface area contributed by atoms with Crippen LogP contribution < -0.4 is 10.2 Å². The van der Waals surface area contributed by atoms with Gasteiger partial charge in [-0.1, -0.05) is 42.5 Å². The molecule has 1 fully saturated rings. The molecule has 9 nitrogen and oxygen atoms in total. The van der Waals surface area contributed by atoms with Crippen LogP contribution >= 0.6 is 0 Å². The van der Waals surface area contributed by atoms with Crippen molar-refractivity contribution in [2.45, 2.75) is 44.8 Å². The lowest BCUT2D eigenvalue weighted by molar-refractivity contribution is -0.138. The summed E-state index contributed by atoms with van der Waals surface area (Å²) in [6, 6.07) is 17.7. The molecule has 0 bridgehead atoms. The number of nitrogens with zero attached hydrogens (tertiary/aromatic N) is 3. The standard InChI is InChI=1S/C28H34N4O5/c1-36-24-9-5-8-22(16-24)20-37-25-17-31(15-14-21-6-3-2-4-7-21)28(35)19-32(18-25)27(34)13-11-23-10-12-26(33)30-29-23/h2-9,16,25H,10-15,17-20H2,1H3,(H,30,33)/t25-/m1/s1. The van der Waals surface area contributed by atoms with Crippen LogP contribution in [0.4, 0.5) is 0 Å². The summed E-state index contributed by atoms with van der Waals surface area (Å²) in [6.45, 7) is 1.68. The summed E-state index contributed by atoms with van der Waals surface area (Å²) in [5.41, 5.74) is 5.38. The summed E-state index contributed by atoms with van der Waals surface area (Å²) in [6.07, 6.45) is 2.02. The molecule has 0 unspecified atom stereocenters. The number of ether oxygens (including phenoxy) is 2.